The van der Waals surface area contributed by atoms with Crippen LogP contribution < -0.4 is 15.8 Å². The van der Waals surface area contributed by atoms with Gasteiger partial charge in [-0.25, -0.2) is 9.78 Å². The number of pyridine rings is 1. The molecule has 8 heteroatoms. The van der Waals surface area contributed by atoms with Gasteiger partial charge in [-0.05, 0) is 37.5 Å². The highest BCUT2D eigenvalue weighted by Crippen LogP contribution is 2.44. The molecule has 32 heavy (non-hydrogen) atoms. The number of carbonyl (C=O) groups is 1. The molecule has 2 aliphatic heterocycles. The summed E-state index contributed by atoms with van der Waals surface area (Å²) in [5, 5.41) is 7.75. The predicted octanol–water partition coefficient (Wildman–Crippen LogP) is 3.18. The van der Waals surface area contributed by atoms with Crippen LogP contribution in [0.15, 0.2) is 48.7 Å². The number of hydrogen-bond donors (Lipinski definition) is 2. The highest BCUT2D eigenvalue weighted by Gasteiger charge is 2.46. The van der Waals surface area contributed by atoms with Gasteiger partial charge in [-0.2, -0.15) is 5.10 Å². The Morgan fingerprint density at radius 1 is 1.22 bits per heavy atom. The minimum atomic E-state index is -0.0236. The topological polar surface area (TPSA) is 98.3 Å². The lowest BCUT2D eigenvalue weighted by molar-refractivity contribution is 0.206. The molecule has 3 N–H and O–H groups in total. The van der Waals surface area contributed by atoms with Gasteiger partial charge in [-0.3, -0.25) is 4.68 Å². The third-order valence-electron chi connectivity index (χ3n) is 6.51. The van der Waals surface area contributed by atoms with Gasteiger partial charge in [-0.1, -0.05) is 30.3 Å². The number of rotatable bonds is 5. The summed E-state index contributed by atoms with van der Waals surface area (Å²) in [4.78, 5) is 18.6. The number of likely N-dealkylation sites (tertiary alicyclic amines) is 1. The second-order valence-corrected chi connectivity index (χ2v) is 8.56. The zero-order valence-electron chi connectivity index (χ0n) is 18.3. The summed E-state index contributed by atoms with van der Waals surface area (Å²) < 4.78 is 8.03. The Morgan fingerprint density at radius 2 is 2.03 bits per heavy atom. The molecule has 0 aliphatic carbocycles. The van der Waals surface area contributed by atoms with Crippen molar-refractivity contribution in [2.24, 2.45) is 0 Å². The second kappa shape index (κ2) is 8.18. The molecule has 1 fully saturated rings. The minimum absolute atomic E-state index is 0.0190. The van der Waals surface area contributed by atoms with Crippen LogP contribution in [-0.4, -0.2) is 45.3 Å². The number of fused-ring (bicyclic) bond motifs is 2. The molecule has 0 saturated carbocycles. The summed E-state index contributed by atoms with van der Waals surface area (Å²) in [6.07, 6.45) is 3.71. The van der Waals surface area contributed by atoms with Gasteiger partial charge >= 0.3 is 6.03 Å². The number of benzene rings is 1. The number of nitrogen functional groups attached to an aromatic ring is 1. The zero-order valence-corrected chi connectivity index (χ0v) is 18.3. The van der Waals surface area contributed by atoms with E-state index in [-0.39, 0.29) is 11.4 Å². The van der Waals surface area contributed by atoms with E-state index in [1.165, 1.54) is 5.69 Å². The Balaban J connectivity index is 1.36. The summed E-state index contributed by atoms with van der Waals surface area (Å²) in [7, 11) is 0. The van der Waals surface area contributed by atoms with Crippen molar-refractivity contribution >= 4 is 11.8 Å². The van der Waals surface area contributed by atoms with Crippen LogP contribution in [0.3, 0.4) is 0 Å². The quantitative estimate of drug-likeness (QED) is 0.645. The number of aromatic nitrogens is 3. The number of aryl methyl sites for hydroxylation is 1. The van der Waals surface area contributed by atoms with E-state index in [2.05, 4.69) is 21.0 Å². The normalized spacial score (nSPS) is 19.3. The maximum atomic E-state index is 12.3. The fourth-order valence-electron chi connectivity index (χ4n) is 4.77. The molecule has 1 spiro atoms. The zero-order chi connectivity index (χ0) is 22.1. The average molecular weight is 433 g/mol. The van der Waals surface area contributed by atoms with Gasteiger partial charge in [0, 0.05) is 49.0 Å². The lowest BCUT2D eigenvalue weighted by Crippen LogP contribution is -2.40. The van der Waals surface area contributed by atoms with Crippen molar-refractivity contribution < 1.29 is 9.53 Å². The highest BCUT2D eigenvalue weighted by atomic mass is 16.5. The molecule has 2 amide bonds. The first-order valence-corrected chi connectivity index (χ1v) is 11.1. The first-order chi connectivity index (χ1) is 15.6. The molecule has 166 valence electrons. The molecule has 3 aromatic rings. The van der Waals surface area contributed by atoms with Crippen LogP contribution in [-0.2, 0) is 18.6 Å². The van der Waals surface area contributed by atoms with Crippen LogP contribution in [0, 0.1) is 0 Å². The van der Waals surface area contributed by atoms with Crippen molar-refractivity contribution in [1.82, 2.24) is 25.0 Å². The number of amides is 2. The largest absolute Gasteiger partial charge is 0.485 e. The standard InChI is InChI=1S/C24H28N6O2/c1-2-26-23(31)29-10-8-24(16-29)9-11-30-21(24)13-19(28-30)18-12-20(22(25)27-14-18)32-15-17-6-4-3-5-7-17/h3-7,12-14H,2,8-11,15-16H2,1H3,(H2,25,27)(H,26,31). The monoisotopic (exact) mass is 432 g/mol. The van der Waals surface area contributed by atoms with Gasteiger partial charge in [0.1, 0.15) is 6.61 Å². The Hall–Kier alpha value is -3.55. The van der Waals surface area contributed by atoms with Crippen LogP contribution in [0.1, 0.15) is 31.0 Å². The summed E-state index contributed by atoms with van der Waals surface area (Å²) >= 11 is 0. The molecule has 0 radical (unpaired) electrons. The second-order valence-electron chi connectivity index (χ2n) is 8.56. The lowest BCUT2D eigenvalue weighted by Gasteiger charge is -2.23. The third-order valence-corrected chi connectivity index (χ3v) is 6.51. The van der Waals surface area contributed by atoms with E-state index in [0.29, 0.717) is 24.7 Å². The van der Waals surface area contributed by atoms with Crippen LogP contribution in [0.2, 0.25) is 0 Å². The van der Waals surface area contributed by atoms with Crippen molar-refractivity contribution in [1.29, 1.82) is 0 Å². The fourth-order valence-corrected chi connectivity index (χ4v) is 4.77. The van der Waals surface area contributed by atoms with Crippen LogP contribution in [0.25, 0.3) is 11.3 Å². The molecular formula is C24H28N6O2. The maximum Gasteiger partial charge on any atom is 0.317 e. The molecule has 8 nitrogen and oxygen atoms in total. The van der Waals surface area contributed by atoms with E-state index < -0.39 is 0 Å². The number of anilines is 1. The van der Waals surface area contributed by atoms with Gasteiger partial charge in [0.2, 0.25) is 0 Å². The van der Waals surface area contributed by atoms with E-state index in [0.717, 1.165) is 49.3 Å². The van der Waals surface area contributed by atoms with Crippen LogP contribution in [0.5, 0.6) is 5.75 Å². The minimum Gasteiger partial charge on any atom is -0.485 e. The van der Waals surface area contributed by atoms with Crippen molar-refractivity contribution in [3.63, 3.8) is 0 Å². The first kappa shape index (κ1) is 20.4. The van der Waals surface area contributed by atoms with Gasteiger partial charge < -0.3 is 20.7 Å². The number of nitrogens with two attached hydrogens (primary N) is 1. The third kappa shape index (κ3) is 3.66. The molecule has 1 atom stereocenters. The van der Waals surface area contributed by atoms with E-state index in [4.69, 9.17) is 15.6 Å². The lowest BCUT2D eigenvalue weighted by atomic mass is 9.82. The molecule has 2 aromatic heterocycles. The number of carbonyl (C=O) groups excluding carboxylic acids is 1. The van der Waals surface area contributed by atoms with E-state index in [9.17, 15) is 4.79 Å². The average Bonchev–Trinajstić information content (AvgIpc) is 3.51. The molecular weight excluding hydrogens is 404 g/mol. The maximum absolute atomic E-state index is 12.3. The SMILES string of the molecule is CCNC(=O)N1CCC2(CCn3nc(-c4cnc(N)c(OCc5ccccc5)c4)cc32)C1. The van der Waals surface area contributed by atoms with Crippen molar-refractivity contribution in [3.8, 4) is 17.0 Å². The Bertz CT molecular complexity index is 1130. The van der Waals surface area contributed by atoms with Crippen molar-refractivity contribution in [2.75, 3.05) is 25.4 Å². The van der Waals surface area contributed by atoms with Gasteiger partial charge in [-0.15, -0.1) is 0 Å². The van der Waals surface area contributed by atoms with E-state index >= 15 is 0 Å². The summed E-state index contributed by atoms with van der Waals surface area (Å²) in [5.41, 5.74) is 10.0. The predicted molar refractivity (Wildman–Crippen MR) is 122 cm³/mol. The molecule has 0 bridgehead atoms. The van der Waals surface area contributed by atoms with Gasteiger partial charge in [0.25, 0.3) is 0 Å². The first-order valence-electron chi connectivity index (χ1n) is 11.1. The van der Waals surface area contributed by atoms with Crippen LogP contribution >= 0.6 is 0 Å². The Morgan fingerprint density at radius 3 is 2.84 bits per heavy atom. The summed E-state index contributed by atoms with van der Waals surface area (Å²) in [5.74, 6) is 0.916. The summed E-state index contributed by atoms with van der Waals surface area (Å²) in [6.45, 7) is 5.37. The van der Waals surface area contributed by atoms with E-state index in [1.54, 1.807) is 6.20 Å². The molecule has 2 aliphatic rings. The smallest absolute Gasteiger partial charge is 0.317 e. The molecule has 4 heterocycles. The van der Waals surface area contributed by atoms with Crippen molar-refractivity contribution in [2.45, 2.75) is 38.3 Å². The highest BCUT2D eigenvalue weighted by molar-refractivity contribution is 5.75. The van der Waals surface area contributed by atoms with Crippen molar-refractivity contribution in [3.05, 3.63) is 59.9 Å². The summed E-state index contributed by atoms with van der Waals surface area (Å²) in [6, 6.07) is 14.0. The number of ether oxygens (including phenoxy) is 1. The Labute approximate surface area is 187 Å². The van der Waals surface area contributed by atoms with Gasteiger partial charge in [0.05, 0.1) is 5.69 Å². The fraction of sp³-hybridized carbons (Fsp3) is 0.375. The van der Waals surface area contributed by atoms with Crippen LogP contribution in [0.4, 0.5) is 10.6 Å². The Kier molecular flexibility index (Phi) is 5.20. The van der Waals surface area contributed by atoms with Gasteiger partial charge in [0.15, 0.2) is 11.6 Å². The molecule has 1 aromatic carbocycles. The van der Waals surface area contributed by atoms with E-state index in [1.807, 2.05) is 48.2 Å². The number of hydrogen-bond acceptors (Lipinski definition) is 5. The molecule has 5 rings (SSSR count). The number of nitrogens with one attached hydrogen (secondary N) is 1. The number of nitrogens with zero attached hydrogens (tertiary/aromatic N) is 4. The number of urea groups is 1. The molecule has 1 unspecified atom stereocenters. The molecule has 1 saturated heterocycles.